The summed E-state index contributed by atoms with van der Waals surface area (Å²) in [6.07, 6.45) is 2.20. The van der Waals surface area contributed by atoms with E-state index in [1.807, 2.05) is 0 Å². The van der Waals surface area contributed by atoms with Crippen molar-refractivity contribution in [3.05, 3.63) is 22.1 Å². The molecule has 2 aromatic rings. The maximum Gasteiger partial charge on any atom is 0.249 e. The molecule has 3 rings (SSSR count). The molecular weight excluding hydrogens is 288 g/mol. The number of hydrogen-bond donors (Lipinski definition) is 2. The summed E-state index contributed by atoms with van der Waals surface area (Å²) in [7, 11) is 0. The van der Waals surface area contributed by atoms with Crippen molar-refractivity contribution < 1.29 is 9.59 Å². The number of pyridine rings is 1. The number of imidazole rings is 1. The van der Waals surface area contributed by atoms with Crippen LogP contribution in [0.25, 0.3) is 11.2 Å². The minimum atomic E-state index is -0.521. The van der Waals surface area contributed by atoms with E-state index in [1.54, 1.807) is 10.6 Å². The topological polar surface area (TPSA) is 79.8 Å². The molecule has 2 amide bonds. The summed E-state index contributed by atoms with van der Waals surface area (Å²) in [5.74, 6) is -0.617. The highest BCUT2D eigenvalue weighted by atomic mass is 35.5. The van der Waals surface area contributed by atoms with Crippen molar-refractivity contribution in [2.24, 2.45) is 0 Å². The number of carbonyl (C=O) groups excluding carboxylic acids is 2. The fourth-order valence-electron chi connectivity index (χ4n) is 2.21. The number of fused-ring (bicyclic) bond motifs is 1. The third-order valence-corrected chi connectivity index (χ3v) is 3.55. The molecule has 1 saturated heterocycles. The van der Waals surface area contributed by atoms with Crippen LogP contribution in [0.15, 0.2) is 12.3 Å². The molecule has 0 aromatic carbocycles. The highest BCUT2D eigenvalue weighted by Gasteiger charge is 2.30. The molecule has 19 heavy (non-hydrogen) atoms. The van der Waals surface area contributed by atoms with E-state index in [1.165, 1.54) is 6.20 Å². The van der Waals surface area contributed by atoms with Crippen LogP contribution < -0.4 is 5.32 Å². The summed E-state index contributed by atoms with van der Waals surface area (Å²) in [6, 6.07) is 1.18. The molecule has 0 radical (unpaired) electrons. The summed E-state index contributed by atoms with van der Waals surface area (Å²) in [6.45, 7) is 0. The van der Waals surface area contributed by atoms with Gasteiger partial charge in [0.2, 0.25) is 11.8 Å². The van der Waals surface area contributed by atoms with Gasteiger partial charge in [0, 0.05) is 12.6 Å². The molecule has 98 valence electrons. The van der Waals surface area contributed by atoms with E-state index in [9.17, 15) is 9.59 Å². The van der Waals surface area contributed by atoms with Gasteiger partial charge in [-0.05, 0) is 24.7 Å². The predicted octanol–water partition coefficient (Wildman–Crippen LogP) is 1.72. The van der Waals surface area contributed by atoms with Gasteiger partial charge >= 0.3 is 0 Å². The zero-order chi connectivity index (χ0) is 13.6. The second-order valence-corrected chi connectivity index (χ2v) is 5.11. The molecule has 0 aliphatic carbocycles. The van der Waals surface area contributed by atoms with Crippen molar-refractivity contribution in [3.63, 3.8) is 0 Å². The predicted molar refractivity (Wildman–Crippen MR) is 71.3 cm³/mol. The van der Waals surface area contributed by atoms with Gasteiger partial charge in [-0.3, -0.25) is 19.5 Å². The Hall–Kier alpha value is -1.73. The van der Waals surface area contributed by atoms with Crippen molar-refractivity contribution in [3.8, 4) is 0 Å². The van der Waals surface area contributed by atoms with Crippen LogP contribution in [0.4, 0.5) is 0 Å². The quantitative estimate of drug-likeness (QED) is 0.620. The zero-order valence-electron chi connectivity index (χ0n) is 9.64. The molecule has 3 heterocycles. The number of aromatic amines is 1. The summed E-state index contributed by atoms with van der Waals surface area (Å²) >= 11 is 11.1. The van der Waals surface area contributed by atoms with Crippen LogP contribution in [0.1, 0.15) is 18.9 Å². The minimum absolute atomic E-state index is 0.261. The Labute approximate surface area is 117 Å². The Morgan fingerprint density at radius 2 is 2.26 bits per heavy atom. The SMILES string of the molecule is O=C1CCC(n2c(=S)[nH]c3cc(Cl)cnc32)C(=O)N1. The molecule has 0 bridgehead atoms. The highest BCUT2D eigenvalue weighted by molar-refractivity contribution is 7.71. The monoisotopic (exact) mass is 296 g/mol. The van der Waals surface area contributed by atoms with Crippen LogP contribution in [-0.4, -0.2) is 26.3 Å². The molecule has 2 N–H and O–H groups in total. The first-order valence-electron chi connectivity index (χ1n) is 5.66. The Bertz CT molecular complexity index is 751. The van der Waals surface area contributed by atoms with E-state index in [2.05, 4.69) is 15.3 Å². The Morgan fingerprint density at radius 1 is 1.47 bits per heavy atom. The molecule has 1 aliphatic heterocycles. The zero-order valence-corrected chi connectivity index (χ0v) is 11.2. The minimum Gasteiger partial charge on any atom is -0.329 e. The number of nitrogens with one attached hydrogen (secondary N) is 2. The molecule has 2 aromatic heterocycles. The van der Waals surface area contributed by atoms with Gasteiger partial charge in [-0.1, -0.05) is 11.6 Å². The van der Waals surface area contributed by atoms with Crippen LogP contribution in [0, 0.1) is 4.77 Å². The lowest BCUT2D eigenvalue weighted by molar-refractivity contribution is -0.135. The second-order valence-electron chi connectivity index (χ2n) is 4.29. The molecule has 1 fully saturated rings. The average Bonchev–Trinajstić information content (AvgIpc) is 2.65. The van der Waals surface area contributed by atoms with Crippen molar-refractivity contribution in [2.45, 2.75) is 18.9 Å². The lowest BCUT2D eigenvalue weighted by atomic mass is 10.1. The normalized spacial score (nSPS) is 19.7. The van der Waals surface area contributed by atoms with Crippen LogP contribution in [-0.2, 0) is 9.59 Å². The summed E-state index contributed by atoms with van der Waals surface area (Å²) in [5.41, 5.74) is 1.23. The molecule has 0 spiro atoms. The van der Waals surface area contributed by atoms with Gasteiger partial charge in [-0.2, -0.15) is 0 Å². The summed E-state index contributed by atoms with van der Waals surface area (Å²) < 4.78 is 2.02. The van der Waals surface area contributed by atoms with Gasteiger partial charge in [-0.25, -0.2) is 4.98 Å². The van der Waals surface area contributed by atoms with Gasteiger partial charge < -0.3 is 4.98 Å². The fourth-order valence-corrected chi connectivity index (χ4v) is 2.69. The van der Waals surface area contributed by atoms with E-state index >= 15 is 0 Å². The number of amides is 2. The van der Waals surface area contributed by atoms with Gasteiger partial charge in [0.05, 0.1) is 10.5 Å². The fraction of sp³-hybridized carbons (Fsp3) is 0.273. The first-order valence-corrected chi connectivity index (χ1v) is 6.44. The van der Waals surface area contributed by atoms with Crippen molar-refractivity contribution in [1.82, 2.24) is 19.9 Å². The molecular formula is C11H9ClN4O2S. The number of H-pyrrole nitrogens is 1. The lowest BCUT2D eigenvalue weighted by Gasteiger charge is -2.22. The number of rotatable bonds is 1. The Kier molecular flexibility index (Phi) is 2.87. The number of piperidine rings is 1. The van der Waals surface area contributed by atoms with Crippen molar-refractivity contribution >= 4 is 46.8 Å². The highest BCUT2D eigenvalue weighted by Crippen LogP contribution is 2.25. The Balaban J connectivity index is 2.15. The number of carbonyl (C=O) groups is 2. The summed E-state index contributed by atoms with van der Waals surface area (Å²) in [5, 5.41) is 2.79. The number of aromatic nitrogens is 3. The van der Waals surface area contributed by atoms with E-state index in [0.29, 0.717) is 33.8 Å². The van der Waals surface area contributed by atoms with Gasteiger partial charge in [-0.15, -0.1) is 0 Å². The first kappa shape index (κ1) is 12.3. The maximum atomic E-state index is 11.9. The van der Waals surface area contributed by atoms with Crippen LogP contribution in [0.2, 0.25) is 5.02 Å². The molecule has 1 atom stereocenters. The number of hydrogen-bond acceptors (Lipinski definition) is 4. The van der Waals surface area contributed by atoms with E-state index in [-0.39, 0.29) is 11.8 Å². The number of nitrogens with zero attached hydrogens (tertiary/aromatic N) is 2. The Morgan fingerprint density at radius 3 is 3.00 bits per heavy atom. The third kappa shape index (κ3) is 2.04. The van der Waals surface area contributed by atoms with E-state index in [4.69, 9.17) is 23.8 Å². The number of imide groups is 1. The van der Waals surface area contributed by atoms with E-state index < -0.39 is 6.04 Å². The van der Waals surface area contributed by atoms with Gasteiger partial charge in [0.1, 0.15) is 6.04 Å². The maximum absolute atomic E-state index is 11.9. The van der Waals surface area contributed by atoms with Crippen LogP contribution in [0.3, 0.4) is 0 Å². The number of halogens is 1. The van der Waals surface area contributed by atoms with Crippen molar-refractivity contribution in [2.75, 3.05) is 0 Å². The molecule has 0 saturated carbocycles. The second kappa shape index (κ2) is 4.43. The third-order valence-electron chi connectivity index (χ3n) is 3.04. The van der Waals surface area contributed by atoms with Gasteiger partial charge in [0.15, 0.2) is 10.4 Å². The average molecular weight is 297 g/mol. The molecule has 1 unspecified atom stereocenters. The van der Waals surface area contributed by atoms with E-state index in [0.717, 1.165) is 0 Å². The van der Waals surface area contributed by atoms with Crippen LogP contribution in [0.5, 0.6) is 0 Å². The first-order chi connectivity index (χ1) is 9.06. The molecule has 6 nitrogen and oxygen atoms in total. The smallest absolute Gasteiger partial charge is 0.249 e. The lowest BCUT2D eigenvalue weighted by Crippen LogP contribution is -2.41. The summed E-state index contributed by atoms with van der Waals surface area (Å²) in [4.78, 5) is 30.2. The van der Waals surface area contributed by atoms with Crippen LogP contribution >= 0.6 is 23.8 Å². The molecule has 1 aliphatic rings. The van der Waals surface area contributed by atoms with Crippen molar-refractivity contribution in [1.29, 1.82) is 0 Å². The van der Waals surface area contributed by atoms with Gasteiger partial charge in [0.25, 0.3) is 0 Å². The standard InChI is InChI=1S/C11H9ClN4O2S/c12-5-3-6-9(13-4-5)16(11(19)14-6)7-1-2-8(17)15-10(7)18/h3-4,7H,1-2H2,(H,14,19)(H,15,17,18). The molecule has 8 heteroatoms. The largest absolute Gasteiger partial charge is 0.329 e.